The summed E-state index contributed by atoms with van der Waals surface area (Å²) >= 11 is 0. The fourth-order valence-electron chi connectivity index (χ4n) is 5.31. The van der Waals surface area contributed by atoms with Crippen LogP contribution in [-0.2, 0) is 11.3 Å². The molecule has 0 aliphatic carbocycles. The summed E-state index contributed by atoms with van der Waals surface area (Å²) in [6.45, 7) is 6.09. The molecule has 0 unspecified atom stereocenters. The Morgan fingerprint density at radius 1 is 1.00 bits per heavy atom. The maximum atomic E-state index is 13.4. The Bertz CT molecular complexity index is 1040. The van der Waals surface area contributed by atoms with E-state index in [4.69, 9.17) is 4.74 Å². The standard InChI is InChI=1S/C26H33N5O3/c1-20-17-22(28-24(27-20)30-13-6-3-7-14-30)23(32)29-15-8-11-26(12-16-29)19-31(25(33)34-26)18-21-9-4-2-5-10-21/h2,4-5,9-10,17H,3,6-8,11-16,18-19H2,1H3/t26-/m1/s1. The number of amides is 2. The van der Waals surface area contributed by atoms with Gasteiger partial charge in [-0.2, -0.15) is 0 Å². The van der Waals surface area contributed by atoms with E-state index in [0.29, 0.717) is 44.2 Å². The molecule has 3 aliphatic rings. The van der Waals surface area contributed by atoms with Gasteiger partial charge < -0.3 is 14.5 Å². The van der Waals surface area contributed by atoms with E-state index in [1.54, 1.807) is 11.0 Å². The van der Waals surface area contributed by atoms with E-state index in [1.807, 2.05) is 42.2 Å². The molecule has 5 rings (SSSR count). The average Bonchev–Trinajstić information content (AvgIpc) is 3.02. The van der Waals surface area contributed by atoms with Crippen LogP contribution in [0.4, 0.5) is 10.7 Å². The lowest BCUT2D eigenvalue weighted by Gasteiger charge is -2.28. The molecular formula is C26H33N5O3. The Kier molecular flexibility index (Phi) is 6.39. The smallest absolute Gasteiger partial charge is 0.410 e. The van der Waals surface area contributed by atoms with E-state index >= 15 is 0 Å². The third-order valence-electron chi connectivity index (χ3n) is 7.14. The summed E-state index contributed by atoms with van der Waals surface area (Å²) < 4.78 is 5.92. The normalized spacial score (nSPS) is 23.2. The number of hydrogen-bond acceptors (Lipinski definition) is 6. The van der Waals surface area contributed by atoms with Crippen molar-refractivity contribution in [1.29, 1.82) is 0 Å². The number of ether oxygens (including phenoxy) is 1. The molecule has 8 nitrogen and oxygen atoms in total. The van der Waals surface area contributed by atoms with Crippen LogP contribution in [0.2, 0.25) is 0 Å². The maximum absolute atomic E-state index is 13.4. The largest absolute Gasteiger partial charge is 0.441 e. The third-order valence-corrected chi connectivity index (χ3v) is 7.14. The van der Waals surface area contributed by atoms with E-state index in [9.17, 15) is 9.59 Å². The first-order chi connectivity index (χ1) is 16.5. The molecular weight excluding hydrogens is 430 g/mol. The Morgan fingerprint density at radius 2 is 1.79 bits per heavy atom. The summed E-state index contributed by atoms with van der Waals surface area (Å²) in [6.07, 6.45) is 5.43. The van der Waals surface area contributed by atoms with Crippen molar-refractivity contribution >= 4 is 17.9 Å². The molecule has 3 saturated heterocycles. The second-order valence-corrected chi connectivity index (χ2v) is 9.78. The van der Waals surface area contributed by atoms with Crippen LogP contribution < -0.4 is 4.90 Å². The second kappa shape index (κ2) is 9.60. The number of nitrogens with zero attached hydrogens (tertiary/aromatic N) is 5. The van der Waals surface area contributed by atoms with Gasteiger partial charge in [0.05, 0.1) is 6.54 Å². The topological polar surface area (TPSA) is 78.9 Å². The van der Waals surface area contributed by atoms with Crippen molar-refractivity contribution in [1.82, 2.24) is 19.8 Å². The van der Waals surface area contributed by atoms with Crippen molar-refractivity contribution < 1.29 is 14.3 Å². The molecule has 3 aliphatic heterocycles. The van der Waals surface area contributed by atoms with E-state index in [2.05, 4.69) is 14.9 Å². The summed E-state index contributed by atoms with van der Waals surface area (Å²) in [6, 6.07) is 11.8. The van der Waals surface area contributed by atoms with Crippen LogP contribution in [0, 0.1) is 6.92 Å². The van der Waals surface area contributed by atoms with Crippen LogP contribution in [0.25, 0.3) is 0 Å². The van der Waals surface area contributed by atoms with Crippen LogP contribution in [0.15, 0.2) is 36.4 Å². The molecule has 0 radical (unpaired) electrons. The number of likely N-dealkylation sites (tertiary alicyclic amines) is 1. The SMILES string of the molecule is Cc1cc(C(=O)N2CCC[C@@]3(CC2)CN(Cc2ccccc2)C(=O)O3)nc(N2CCCCC2)n1. The van der Waals surface area contributed by atoms with Crippen molar-refractivity contribution in [3.8, 4) is 0 Å². The molecule has 180 valence electrons. The Morgan fingerprint density at radius 3 is 2.59 bits per heavy atom. The number of hydrogen-bond donors (Lipinski definition) is 0. The van der Waals surface area contributed by atoms with Crippen LogP contribution in [-0.4, -0.2) is 70.1 Å². The second-order valence-electron chi connectivity index (χ2n) is 9.78. The number of aryl methyl sites for hydroxylation is 1. The molecule has 3 fully saturated rings. The lowest BCUT2D eigenvalue weighted by atomic mass is 9.95. The van der Waals surface area contributed by atoms with Crippen molar-refractivity contribution in [3.05, 3.63) is 53.3 Å². The molecule has 1 aromatic carbocycles. The Balaban J connectivity index is 1.25. The first-order valence-corrected chi connectivity index (χ1v) is 12.4. The minimum Gasteiger partial charge on any atom is -0.441 e. The molecule has 0 bridgehead atoms. The fraction of sp³-hybridized carbons (Fsp3) is 0.538. The summed E-state index contributed by atoms with van der Waals surface area (Å²) in [7, 11) is 0. The van der Waals surface area contributed by atoms with Gasteiger partial charge in [0.25, 0.3) is 5.91 Å². The van der Waals surface area contributed by atoms with Crippen LogP contribution in [0.3, 0.4) is 0 Å². The van der Waals surface area contributed by atoms with Gasteiger partial charge in [0.15, 0.2) is 0 Å². The van der Waals surface area contributed by atoms with E-state index in [-0.39, 0.29) is 12.0 Å². The van der Waals surface area contributed by atoms with E-state index < -0.39 is 5.60 Å². The maximum Gasteiger partial charge on any atom is 0.410 e. The van der Waals surface area contributed by atoms with Gasteiger partial charge in [0, 0.05) is 44.8 Å². The fourth-order valence-corrected chi connectivity index (χ4v) is 5.31. The predicted molar refractivity (Wildman–Crippen MR) is 129 cm³/mol. The minimum absolute atomic E-state index is 0.0636. The summed E-state index contributed by atoms with van der Waals surface area (Å²) in [5, 5.41) is 0. The lowest BCUT2D eigenvalue weighted by Crippen LogP contribution is -2.37. The highest BCUT2D eigenvalue weighted by atomic mass is 16.6. The average molecular weight is 464 g/mol. The molecule has 4 heterocycles. The number of carbonyl (C=O) groups excluding carboxylic acids is 2. The molecule has 8 heteroatoms. The lowest BCUT2D eigenvalue weighted by molar-refractivity contribution is 0.0438. The highest BCUT2D eigenvalue weighted by molar-refractivity contribution is 5.92. The molecule has 1 atom stereocenters. The van der Waals surface area contributed by atoms with Crippen LogP contribution >= 0.6 is 0 Å². The molecule has 1 spiro atoms. The number of aromatic nitrogens is 2. The van der Waals surface area contributed by atoms with Gasteiger partial charge in [0.2, 0.25) is 5.95 Å². The van der Waals surface area contributed by atoms with Gasteiger partial charge in [-0.25, -0.2) is 14.8 Å². The zero-order chi connectivity index (χ0) is 23.5. The number of piperidine rings is 1. The number of carbonyl (C=O) groups is 2. The Hall–Kier alpha value is -3.16. The molecule has 34 heavy (non-hydrogen) atoms. The summed E-state index contributed by atoms with van der Waals surface area (Å²) in [5.41, 5.74) is 1.83. The van der Waals surface area contributed by atoms with E-state index in [0.717, 1.165) is 50.0 Å². The minimum atomic E-state index is -0.526. The zero-order valence-corrected chi connectivity index (χ0v) is 19.9. The van der Waals surface area contributed by atoms with Gasteiger partial charge in [-0.05, 0) is 50.7 Å². The third kappa shape index (κ3) is 4.86. The van der Waals surface area contributed by atoms with Crippen molar-refractivity contribution in [2.45, 2.75) is 57.6 Å². The zero-order valence-electron chi connectivity index (χ0n) is 19.9. The first kappa shape index (κ1) is 22.6. The first-order valence-electron chi connectivity index (χ1n) is 12.4. The quantitative estimate of drug-likeness (QED) is 0.686. The van der Waals surface area contributed by atoms with Gasteiger partial charge >= 0.3 is 6.09 Å². The van der Waals surface area contributed by atoms with Crippen molar-refractivity contribution in [3.63, 3.8) is 0 Å². The highest BCUT2D eigenvalue weighted by Gasteiger charge is 2.46. The van der Waals surface area contributed by atoms with E-state index in [1.165, 1.54) is 6.42 Å². The van der Waals surface area contributed by atoms with Gasteiger partial charge in [-0.15, -0.1) is 0 Å². The van der Waals surface area contributed by atoms with Gasteiger partial charge in [-0.1, -0.05) is 30.3 Å². The molecule has 2 aromatic rings. The van der Waals surface area contributed by atoms with Gasteiger partial charge in [0.1, 0.15) is 11.3 Å². The van der Waals surface area contributed by atoms with Gasteiger partial charge in [-0.3, -0.25) is 9.69 Å². The molecule has 0 N–H and O–H groups in total. The van der Waals surface area contributed by atoms with Crippen molar-refractivity contribution in [2.24, 2.45) is 0 Å². The van der Waals surface area contributed by atoms with Crippen molar-refractivity contribution in [2.75, 3.05) is 37.6 Å². The monoisotopic (exact) mass is 463 g/mol. The van der Waals surface area contributed by atoms with Crippen LogP contribution in [0.1, 0.15) is 60.3 Å². The van der Waals surface area contributed by atoms with Crippen LogP contribution in [0.5, 0.6) is 0 Å². The summed E-state index contributed by atoms with van der Waals surface area (Å²) in [4.78, 5) is 41.1. The molecule has 2 amide bonds. The molecule has 1 aromatic heterocycles. The number of benzene rings is 1. The summed E-state index contributed by atoms with van der Waals surface area (Å²) in [5.74, 6) is 0.599. The predicted octanol–water partition coefficient (Wildman–Crippen LogP) is 3.79. The Labute approximate surface area is 200 Å². The number of anilines is 1. The highest BCUT2D eigenvalue weighted by Crippen LogP contribution is 2.34. The number of rotatable bonds is 4. The molecule has 0 saturated carbocycles.